The lowest BCUT2D eigenvalue weighted by Gasteiger charge is -2.19. The van der Waals surface area contributed by atoms with Gasteiger partial charge in [0.15, 0.2) is 0 Å². The molecule has 0 aliphatic carbocycles. The van der Waals surface area contributed by atoms with Crippen molar-refractivity contribution in [2.45, 2.75) is 32.9 Å². The Bertz CT molecular complexity index is 897. The van der Waals surface area contributed by atoms with Gasteiger partial charge in [-0.25, -0.2) is 4.98 Å². The normalized spacial score (nSPS) is 12.2. The number of carbonyl (C=O) groups is 1. The van der Waals surface area contributed by atoms with Crippen molar-refractivity contribution in [3.8, 4) is 0 Å². The van der Waals surface area contributed by atoms with E-state index in [-0.39, 0.29) is 11.9 Å². The monoisotopic (exact) mass is 371 g/mol. The molecule has 1 N–H and O–H groups in total. The molecule has 0 aliphatic heterocycles. The van der Waals surface area contributed by atoms with Crippen LogP contribution in [0.5, 0.6) is 0 Å². The number of benzene rings is 1. The highest BCUT2D eigenvalue weighted by atomic mass is 35.5. The summed E-state index contributed by atoms with van der Waals surface area (Å²) in [6.45, 7) is 4.48. The van der Waals surface area contributed by atoms with Gasteiger partial charge < -0.3 is 9.88 Å². The van der Waals surface area contributed by atoms with Gasteiger partial charge in [-0.15, -0.1) is 0 Å². The van der Waals surface area contributed by atoms with Crippen LogP contribution in [0.3, 0.4) is 0 Å². The quantitative estimate of drug-likeness (QED) is 0.723. The summed E-state index contributed by atoms with van der Waals surface area (Å²) in [5.41, 5.74) is 2.94. The summed E-state index contributed by atoms with van der Waals surface area (Å²) < 4.78 is 3.76. The molecule has 1 unspecified atom stereocenters. The standard InChI is InChI=1S/C19H22ClN5O/c1-13-12-14(2)25(23-13)10-8-17(26)22-18(19-21-9-11-24(19)3)15-4-6-16(20)7-5-15/h4-7,9,11-12,18H,8,10H2,1-3H3,(H,22,26). The van der Waals surface area contributed by atoms with Gasteiger partial charge in [0.25, 0.3) is 0 Å². The number of rotatable bonds is 6. The highest BCUT2D eigenvalue weighted by Crippen LogP contribution is 2.22. The molecule has 0 saturated heterocycles. The summed E-state index contributed by atoms with van der Waals surface area (Å²) in [6, 6.07) is 9.11. The number of halogens is 1. The predicted molar refractivity (Wildman–Crippen MR) is 101 cm³/mol. The third-order valence-corrected chi connectivity index (χ3v) is 4.53. The third-order valence-electron chi connectivity index (χ3n) is 4.28. The van der Waals surface area contributed by atoms with E-state index in [0.29, 0.717) is 18.0 Å². The molecule has 3 aromatic rings. The maximum Gasteiger partial charge on any atom is 0.222 e. The lowest BCUT2D eigenvalue weighted by atomic mass is 10.1. The molecule has 136 valence electrons. The molecule has 0 saturated carbocycles. The maximum absolute atomic E-state index is 12.6. The van der Waals surface area contributed by atoms with E-state index in [1.54, 1.807) is 6.20 Å². The lowest BCUT2D eigenvalue weighted by molar-refractivity contribution is -0.121. The molecule has 7 heteroatoms. The van der Waals surface area contributed by atoms with Gasteiger partial charge in [0.1, 0.15) is 11.9 Å². The van der Waals surface area contributed by atoms with Crippen LogP contribution in [0, 0.1) is 13.8 Å². The van der Waals surface area contributed by atoms with E-state index in [1.807, 2.05) is 66.7 Å². The Kier molecular flexibility index (Phi) is 5.42. The summed E-state index contributed by atoms with van der Waals surface area (Å²) >= 11 is 5.99. The zero-order valence-electron chi connectivity index (χ0n) is 15.1. The summed E-state index contributed by atoms with van der Waals surface area (Å²) in [6.07, 6.45) is 3.93. The fraction of sp³-hybridized carbons (Fsp3) is 0.316. The fourth-order valence-corrected chi connectivity index (χ4v) is 3.08. The van der Waals surface area contributed by atoms with Crippen molar-refractivity contribution in [1.82, 2.24) is 24.6 Å². The topological polar surface area (TPSA) is 64.7 Å². The van der Waals surface area contributed by atoms with Crippen molar-refractivity contribution in [3.63, 3.8) is 0 Å². The van der Waals surface area contributed by atoms with Crippen molar-refractivity contribution >= 4 is 17.5 Å². The number of aromatic nitrogens is 4. The minimum Gasteiger partial charge on any atom is -0.342 e. The van der Waals surface area contributed by atoms with Crippen LogP contribution in [0.25, 0.3) is 0 Å². The average molecular weight is 372 g/mol. The van der Waals surface area contributed by atoms with Gasteiger partial charge in [-0.05, 0) is 37.6 Å². The Morgan fingerprint density at radius 3 is 2.58 bits per heavy atom. The van der Waals surface area contributed by atoms with Gasteiger partial charge in [0.05, 0.1) is 5.69 Å². The van der Waals surface area contributed by atoms with Crippen molar-refractivity contribution in [2.75, 3.05) is 0 Å². The molecule has 1 atom stereocenters. The van der Waals surface area contributed by atoms with Crippen LogP contribution in [0.2, 0.25) is 5.02 Å². The smallest absolute Gasteiger partial charge is 0.222 e. The first-order valence-electron chi connectivity index (χ1n) is 8.47. The number of hydrogen-bond acceptors (Lipinski definition) is 3. The van der Waals surface area contributed by atoms with E-state index in [0.717, 1.165) is 22.8 Å². The molecule has 26 heavy (non-hydrogen) atoms. The molecule has 1 amide bonds. The molecule has 2 heterocycles. The van der Waals surface area contributed by atoms with Crippen LogP contribution in [-0.2, 0) is 18.4 Å². The van der Waals surface area contributed by atoms with Gasteiger partial charge in [0, 0.05) is 43.1 Å². The van der Waals surface area contributed by atoms with Crippen molar-refractivity contribution in [1.29, 1.82) is 0 Å². The van der Waals surface area contributed by atoms with Crippen LogP contribution in [-0.4, -0.2) is 25.2 Å². The highest BCUT2D eigenvalue weighted by Gasteiger charge is 2.20. The Labute approximate surface area is 157 Å². The zero-order chi connectivity index (χ0) is 18.7. The van der Waals surface area contributed by atoms with Crippen LogP contribution < -0.4 is 5.32 Å². The molecule has 0 aliphatic rings. The van der Waals surface area contributed by atoms with Crippen LogP contribution >= 0.6 is 11.6 Å². The van der Waals surface area contributed by atoms with E-state index in [1.165, 1.54) is 0 Å². The SMILES string of the molecule is Cc1cc(C)n(CCC(=O)NC(c2ccc(Cl)cc2)c2nccn2C)n1. The second kappa shape index (κ2) is 7.74. The second-order valence-electron chi connectivity index (χ2n) is 6.35. The van der Waals surface area contributed by atoms with E-state index in [9.17, 15) is 4.79 Å². The maximum atomic E-state index is 12.6. The fourth-order valence-electron chi connectivity index (χ4n) is 2.95. The first-order valence-corrected chi connectivity index (χ1v) is 8.85. The van der Waals surface area contributed by atoms with Gasteiger partial charge >= 0.3 is 0 Å². The zero-order valence-corrected chi connectivity index (χ0v) is 15.9. The first-order chi connectivity index (χ1) is 12.4. The van der Waals surface area contributed by atoms with E-state index in [4.69, 9.17) is 11.6 Å². The molecule has 0 radical (unpaired) electrons. The predicted octanol–water partition coefficient (Wildman–Crippen LogP) is 3.18. The number of nitrogens with one attached hydrogen (secondary N) is 1. The van der Waals surface area contributed by atoms with E-state index < -0.39 is 0 Å². The summed E-state index contributed by atoms with van der Waals surface area (Å²) in [5, 5.41) is 8.14. The van der Waals surface area contributed by atoms with Crippen molar-refractivity contribution in [2.24, 2.45) is 7.05 Å². The van der Waals surface area contributed by atoms with Gasteiger partial charge in [-0.1, -0.05) is 23.7 Å². The summed E-state index contributed by atoms with van der Waals surface area (Å²) in [4.78, 5) is 17.0. The first kappa shape index (κ1) is 18.2. The summed E-state index contributed by atoms with van der Waals surface area (Å²) in [5.74, 6) is 0.715. The number of carbonyl (C=O) groups excluding carboxylic acids is 1. The molecule has 2 aromatic heterocycles. The molecule has 0 spiro atoms. The second-order valence-corrected chi connectivity index (χ2v) is 6.79. The van der Waals surface area contributed by atoms with E-state index >= 15 is 0 Å². The van der Waals surface area contributed by atoms with Crippen molar-refractivity contribution in [3.05, 3.63) is 70.5 Å². The molecule has 3 rings (SSSR count). The van der Waals surface area contributed by atoms with Crippen LogP contribution in [0.15, 0.2) is 42.7 Å². The Balaban J connectivity index is 1.75. The average Bonchev–Trinajstić information content (AvgIpc) is 3.16. The third kappa shape index (κ3) is 4.14. The van der Waals surface area contributed by atoms with Crippen LogP contribution in [0.4, 0.5) is 0 Å². The Hall–Kier alpha value is -2.60. The number of nitrogens with zero attached hydrogens (tertiary/aromatic N) is 4. The molecule has 0 fully saturated rings. The Morgan fingerprint density at radius 1 is 1.27 bits per heavy atom. The number of hydrogen-bond donors (Lipinski definition) is 1. The molecular weight excluding hydrogens is 350 g/mol. The lowest BCUT2D eigenvalue weighted by Crippen LogP contribution is -2.31. The summed E-state index contributed by atoms with van der Waals surface area (Å²) in [7, 11) is 1.91. The number of amides is 1. The highest BCUT2D eigenvalue weighted by molar-refractivity contribution is 6.30. The number of aryl methyl sites for hydroxylation is 4. The minimum atomic E-state index is -0.333. The van der Waals surface area contributed by atoms with Gasteiger partial charge in [-0.2, -0.15) is 5.10 Å². The number of imidazole rings is 1. The minimum absolute atomic E-state index is 0.0551. The van der Waals surface area contributed by atoms with Gasteiger partial charge in [0.2, 0.25) is 5.91 Å². The van der Waals surface area contributed by atoms with Crippen LogP contribution in [0.1, 0.15) is 35.2 Å². The van der Waals surface area contributed by atoms with Gasteiger partial charge in [-0.3, -0.25) is 9.48 Å². The molecular formula is C19H22ClN5O. The van der Waals surface area contributed by atoms with Crippen molar-refractivity contribution < 1.29 is 4.79 Å². The Morgan fingerprint density at radius 2 is 2.00 bits per heavy atom. The largest absolute Gasteiger partial charge is 0.342 e. The molecule has 0 bridgehead atoms. The van der Waals surface area contributed by atoms with E-state index in [2.05, 4.69) is 15.4 Å². The molecule has 1 aromatic carbocycles. The molecule has 6 nitrogen and oxygen atoms in total.